The zero-order valence-electron chi connectivity index (χ0n) is 10.5. The van der Waals surface area contributed by atoms with Crippen molar-refractivity contribution in [2.75, 3.05) is 32.8 Å². The molecule has 2 heterocycles. The lowest BCUT2D eigenvalue weighted by Crippen LogP contribution is -2.43. The van der Waals surface area contributed by atoms with Gasteiger partial charge in [0.15, 0.2) is 0 Å². The van der Waals surface area contributed by atoms with E-state index < -0.39 is 0 Å². The van der Waals surface area contributed by atoms with Gasteiger partial charge in [-0.1, -0.05) is 13.8 Å². The number of ketones is 1. The second kappa shape index (κ2) is 4.84. The van der Waals surface area contributed by atoms with Gasteiger partial charge in [-0.05, 0) is 31.3 Å². The zero-order valence-corrected chi connectivity index (χ0v) is 10.5. The van der Waals surface area contributed by atoms with Gasteiger partial charge in [0.1, 0.15) is 5.78 Å². The first-order valence-corrected chi connectivity index (χ1v) is 6.40. The first kappa shape index (κ1) is 12.1. The molecule has 0 bridgehead atoms. The minimum absolute atomic E-state index is 0.134. The summed E-state index contributed by atoms with van der Waals surface area (Å²) < 4.78 is 5.39. The largest absolute Gasteiger partial charge is 0.380 e. The number of carbonyl (C=O) groups excluding carboxylic acids is 1. The Bertz CT molecular complexity index is 253. The second-order valence-electron chi connectivity index (χ2n) is 5.95. The van der Waals surface area contributed by atoms with E-state index in [-0.39, 0.29) is 5.92 Å². The molecule has 0 aromatic heterocycles. The van der Waals surface area contributed by atoms with Crippen LogP contribution >= 0.6 is 0 Å². The van der Waals surface area contributed by atoms with Crippen LogP contribution in [0.3, 0.4) is 0 Å². The van der Waals surface area contributed by atoms with Crippen LogP contribution in [0.4, 0.5) is 0 Å². The molecule has 0 aromatic rings. The highest BCUT2D eigenvalue weighted by atomic mass is 16.5. The van der Waals surface area contributed by atoms with Crippen LogP contribution in [0, 0.1) is 11.3 Å². The molecular formula is C13H23NO2. The second-order valence-corrected chi connectivity index (χ2v) is 5.95. The van der Waals surface area contributed by atoms with Gasteiger partial charge in [-0.3, -0.25) is 4.79 Å². The van der Waals surface area contributed by atoms with Gasteiger partial charge >= 0.3 is 0 Å². The van der Waals surface area contributed by atoms with Crippen LogP contribution in [-0.4, -0.2) is 43.5 Å². The van der Waals surface area contributed by atoms with Crippen molar-refractivity contribution in [2.24, 2.45) is 11.3 Å². The average Bonchev–Trinajstić information content (AvgIpc) is 2.24. The van der Waals surface area contributed by atoms with E-state index in [9.17, 15) is 4.79 Å². The van der Waals surface area contributed by atoms with Gasteiger partial charge in [-0.25, -0.2) is 0 Å². The van der Waals surface area contributed by atoms with Crippen LogP contribution in [0.2, 0.25) is 0 Å². The summed E-state index contributed by atoms with van der Waals surface area (Å²) in [7, 11) is 0. The molecule has 0 saturated carbocycles. The molecule has 2 aliphatic rings. The van der Waals surface area contributed by atoms with Gasteiger partial charge in [0.2, 0.25) is 0 Å². The minimum Gasteiger partial charge on any atom is -0.380 e. The fraction of sp³-hybridized carbons (Fsp3) is 0.923. The number of nitrogens with zero attached hydrogens (tertiary/aromatic N) is 1. The number of likely N-dealkylation sites (tertiary alicyclic amines) is 1. The van der Waals surface area contributed by atoms with Crippen LogP contribution in [0.5, 0.6) is 0 Å². The molecule has 3 heteroatoms. The van der Waals surface area contributed by atoms with E-state index in [0.29, 0.717) is 30.8 Å². The number of hydrogen-bond acceptors (Lipinski definition) is 3. The maximum Gasteiger partial charge on any atom is 0.141 e. The maximum atomic E-state index is 11.7. The zero-order chi connectivity index (χ0) is 11.6. The number of carbonyl (C=O) groups is 1. The number of rotatable bonds is 2. The molecule has 0 spiro atoms. The number of Topliss-reactive ketones (excluding diaryl/α,β-unsaturated/α-hetero) is 1. The fourth-order valence-corrected chi connectivity index (χ4v) is 2.50. The minimum atomic E-state index is 0.134. The van der Waals surface area contributed by atoms with Crippen molar-refractivity contribution in [1.29, 1.82) is 0 Å². The summed E-state index contributed by atoms with van der Waals surface area (Å²) in [6.45, 7) is 9.11. The van der Waals surface area contributed by atoms with Crippen molar-refractivity contribution in [1.82, 2.24) is 4.90 Å². The fourth-order valence-electron chi connectivity index (χ4n) is 2.50. The molecule has 0 amide bonds. The first-order valence-electron chi connectivity index (χ1n) is 6.40. The molecule has 1 unspecified atom stereocenters. The summed E-state index contributed by atoms with van der Waals surface area (Å²) in [6.07, 6.45) is 3.10. The monoisotopic (exact) mass is 225 g/mol. The lowest BCUT2D eigenvalue weighted by atomic mass is 9.82. The lowest BCUT2D eigenvalue weighted by Gasteiger charge is -2.38. The quantitative estimate of drug-likeness (QED) is 0.716. The smallest absolute Gasteiger partial charge is 0.141 e. The molecule has 1 atom stereocenters. The molecule has 92 valence electrons. The third-order valence-electron chi connectivity index (χ3n) is 3.96. The van der Waals surface area contributed by atoms with Gasteiger partial charge in [0, 0.05) is 13.0 Å². The summed E-state index contributed by atoms with van der Waals surface area (Å²) >= 11 is 0. The van der Waals surface area contributed by atoms with Crippen molar-refractivity contribution < 1.29 is 9.53 Å². The van der Waals surface area contributed by atoms with Crippen molar-refractivity contribution in [2.45, 2.75) is 33.1 Å². The SMILES string of the molecule is CC1(C)CCN(CC2COCCC2=O)CC1. The molecule has 2 saturated heterocycles. The Balaban J connectivity index is 1.80. The van der Waals surface area contributed by atoms with Gasteiger partial charge in [0.05, 0.1) is 19.1 Å². The van der Waals surface area contributed by atoms with Gasteiger partial charge in [0.25, 0.3) is 0 Å². The molecule has 2 aliphatic heterocycles. The topological polar surface area (TPSA) is 29.5 Å². The van der Waals surface area contributed by atoms with Crippen molar-refractivity contribution >= 4 is 5.78 Å². The summed E-state index contributed by atoms with van der Waals surface area (Å²) in [6, 6.07) is 0. The van der Waals surface area contributed by atoms with Crippen LogP contribution in [0.15, 0.2) is 0 Å². The predicted molar refractivity (Wildman–Crippen MR) is 63.4 cm³/mol. The van der Waals surface area contributed by atoms with Crippen molar-refractivity contribution in [3.05, 3.63) is 0 Å². The van der Waals surface area contributed by atoms with Gasteiger partial charge in [-0.15, -0.1) is 0 Å². The van der Waals surface area contributed by atoms with Crippen LogP contribution < -0.4 is 0 Å². The van der Waals surface area contributed by atoms with Gasteiger partial charge < -0.3 is 9.64 Å². The Labute approximate surface area is 98.1 Å². The van der Waals surface area contributed by atoms with Gasteiger partial charge in [-0.2, -0.15) is 0 Å². The van der Waals surface area contributed by atoms with E-state index in [1.54, 1.807) is 0 Å². The molecular weight excluding hydrogens is 202 g/mol. The molecule has 2 fully saturated rings. The average molecular weight is 225 g/mol. The number of ether oxygens (including phenoxy) is 1. The first-order chi connectivity index (χ1) is 7.57. The summed E-state index contributed by atoms with van der Waals surface area (Å²) in [4.78, 5) is 14.1. The Kier molecular flexibility index (Phi) is 3.65. The predicted octanol–water partition coefficient (Wildman–Crippen LogP) is 1.71. The lowest BCUT2D eigenvalue weighted by molar-refractivity contribution is -0.131. The van der Waals surface area contributed by atoms with E-state index >= 15 is 0 Å². The van der Waals surface area contributed by atoms with E-state index in [2.05, 4.69) is 18.7 Å². The van der Waals surface area contributed by atoms with E-state index in [1.807, 2.05) is 0 Å². The van der Waals surface area contributed by atoms with Crippen molar-refractivity contribution in [3.63, 3.8) is 0 Å². The van der Waals surface area contributed by atoms with E-state index in [0.717, 1.165) is 19.6 Å². The van der Waals surface area contributed by atoms with Crippen LogP contribution in [0.25, 0.3) is 0 Å². The summed E-state index contributed by atoms with van der Waals surface area (Å²) in [5.74, 6) is 0.533. The van der Waals surface area contributed by atoms with Crippen LogP contribution in [0.1, 0.15) is 33.1 Å². The Morgan fingerprint density at radius 2 is 2.06 bits per heavy atom. The van der Waals surface area contributed by atoms with E-state index in [4.69, 9.17) is 4.74 Å². The molecule has 16 heavy (non-hydrogen) atoms. The maximum absolute atomic E-state index is 11.7. The van der Waals surface area contributed by atoms with E-state index in [1.165, 1.54) is 12.8 Å². The Morgan fingerprint density at radius 1 is 1.38 bits per heavy atom. The highest BCUT2D eigenvalue weighted by molar-refractivity contribution is 5.82. The summed E-state index contributed by atoms with van der Waals surface area (Å²) in [5, 5.41) is 0. The number of hydrogen-bond donors (Lipinski definition) is 0. The molecule has 3 nitrogen and oxygen atoms in total. The highest BCUT2D eigenvalue weighted by Crippen LogP contribution is 2.30. The number of piperidine rings is 1. The van der Waals surface area contributed by atoms with Crippen molar-refractivity contribution in [3.8, 4) is 0 Å². The molecule has 0 N–H and O–H groups in total. The third kappa shape index (κ3) is 3.05. The highest BCUT2D eigenvalue weighted by Gasteiger charge is 2.29. The molecule has 0 aliphatic carbocycles. The molecule has 2 rings (SSSR count). The molecule has 0 radical (unpaired) electrons. The standard InChI is InChI=1S/C13H23NO2/c1-13(2)4-6-14(7-5-13)9-11-10-16-8-3-12(11)15/h11H,3-10H2,1-2H3. The van der Waals surface area contributed by atoms with Crippen LogP contribution in [-0.2, 0) is 9.53 Å². The third-order valence-corrected chi connectivity index (χ3v) is 3.96. The normalized spacial score (nSPS) is 31.6. The Morgan fingerprint density at radius 3 is 2.69 bits per heavy atom. The Hall–Kier alpha value is -0.410. The summed E-state index contributed by atoms with van der Waals surface area (Å²) in [5.41, 5.74) is 0.490. The molecule has 0 aromatic carbocycles.